The largest absolute Gasteiger partial charge is 0.311 e. The zero-order valence-electron chi connectivity index (χ0n) is 12.7. The number of para-hydroxylation sites is 1. The van der Waals surface area contributed by atoms with Crippen LogP contribution in [0, 0.1) is 0 Å². The number of unbranched alkanes of at least 4 members (excludes halogenated alkanes) is 3. The number of nitrogens with zero attached hydrogens (tertiary/aromatic N) is 2. The van der Waals surface area contributed by atoms with Crippen LogP contribution in [-0.2, 0) is 4.79 Å². The summed E-state index contributed by atoms with van der Waals surface area (Å²) in [7, 11) is 2.09. The quantitative estimate of drug-likeness (QED) is 0.712. The maximum Gasteiger partial charge on any atom is 0.244 e. The fourth-order valence-electron chi connectivity index (χ4n) is 2.88. The molecule has 1 aliphatic heterocycles. The molecule has 3 nitrogen and oxygen atoms in total. The molecule has 0 bridgehead atoms. The minimum absolute atomic E-state index is 0.0665. The van der Waals surface area contributed by atoms with Gasteiger partial charge in [-0.25, -0.2) is 0 Å². The molecule has 110 valence electrons. The summed E-state index contributed by atoms with van der Waals surface area (Å²) < 4.78 is 0. The summed E-state index contributed by atoms with van der Waals surface area (Å²) in [6, 6.07) is 10.1. The van der Waals surface area contributed by atoms with Crippen molar-refractivity contribution >= 4 is 11.6 Å². The molecule has 1 amide bonds. The van der Waals surface area contributed by atoms with Crippen molar-refractivity contribution in [2.75, 3.05) is 25.0 Å². The molecule has 1 unspecified atom stereocenters. The van der Waals surface area contributed by atoms with Gasteiger partial charge in [0.1, 0.15) is 0 Å². The van der Waals surface area contributed by atoms with Gasteiger partial charge in [-0.1, -0.05) is 44.4 Å². The molecule has 2 rings (SSSR count). The van der Waals surface area contributed by atoms with Crippen LogP contribution in [0.25, 0.3) is 0 Å². The van der Waals surface area contributed by atoms with E-state index < -0.39 is 0 Å². The van der Waals surface area contributed by atoms with Gasteiger partial charge < -0.3 is 4.90 Å². The van der Waals surface area contributed by atoms with Crippen molar-refractivity contribution in [3.63, 3.8) is 0 Å². The molecule has 1 fully saturated rings. The Hall–Kier alpha value is -1.35. The van der Waals surface area contributed by atoms with Crippen molar-refractivity contribution in [3.05, 3.63) is 30.3 Å². The Morgan fingerprint density at radius 3 is 2.65 bits per heavy atom. The van der Waals surface area contributed by atoms with E-state index in [9.17, 15) is 4.79 Å². The molecular formula is C17H26N2O. The Morgan fingerprint density at radius 1 is 1.20 bits per heavy atom. The molecule has 0 aromatic heterocycles. The van der Waals surface area contributed by atoms with E-state index in [1.807, 2.05) is 35.2 Å². The first kappa shape index (κ1) is 15.0. The number of hydrogen-bond acceptors (Lipinski definition) is 2. The SMILES string of the molecule is CCCCCCN(C)C1CCN(c2ccccc2)C1=O. The highest BCUT2D eigenvalue weighted by Crippen LogP contribution is 2.23. The van der Waals surface area contributed by atoms with E-state index >= 15 is 0 Å². The highest BCUT2D eigenvalue weighted by Gasteiger charge is 2.34. The predicted octanol–water partition coefficient (Wildman–Crippen LogP) is 3.30. The molecule has 3 heteroatoms. The van der Waals surface area contributed by atoms with Crippen LogP contribution in [0.15, 0.2) is 30.3 Å². The van der Waals surface area contributed by atoms with E-state index in [4.69, 9.17) is 0 Å². The van der Waals surface area contributed by atoms with Gasteiger partial charge >= 0.3 is 0 Å². The topological polar surface area (TPSA) is 23.6 Å². The molecule has 1 aliphatic rings. The predicted molar refractivity (Wildman–Crippen MR) is 84.0 cm³/mol. The Morgan fingerprint density at radius 2 is 1.95 bits per heavy atom. The second-order valence-electron chi connectivity index (χ2n) is 5.67. The molecule has 0 spiro atoms. The van der Waals surface area contributed by atoms with Crippen LogP contribution in [0.3, 0.4) is 0 Å². The normalized spacial score (nSPS) is 19.1. The third kappa shape index (κ3) is 3.60. The third-order valence-corrected chi connectivity index (χ3v) is 4.14. The van der Waals surface area contributed by atoms with Gasteiger partial charge in [-0.15, -0.1) is 0 Å². The number of carbonyl (C=O) groups excluding carboxylic acids is 1. The summed E-state index contributed by atoms with van der Waals surface area (Å²) >= 11 is 0. The summed E-state index contributed by atoms with van der Waals surface area (Å²) in [5.41, 5.74) is 1.03. The Bertz CT molecular complexity index is 418. The lowest BCUT2D eigenvalue weighted by Crippen LogP contribution is -2.40. The number of rotatable bonds is 7. The monoisotopic (exact) mass is 274 g/mol. The van der Waals surface area contributed by atoms with Crippen LogP contribution < -0.4 is 4.90 Å². The van der Waals surface area contributed by atoms with Crippen LogP contribution in [0.1, 0.15) is 39.0 Å². The first-order valence-corrected chi connectivity index (χ1v) is 7.80. The van der Waals surface area contributed by atoms with Crippen LogP contribution in [-0.4, -0.2) is 37.0 Å². The maximum atomic E-state index is 12.5. The lowest BCUT2D eigenvalue weighted by atomic mass is 10.1. The van der Waals surface area contributed by atoms with Gasteiger partial charge in [0.15, 0.2) is 0 Å². The van der Waals surface area contributed by atoms with E-state index in [2.05, 4.69) is 18.9 Å². The molecule has 1 saturated heterocycles. The minimum Gasteiger partial charge on any atom is -0.311 e. The van der Waals surface area contributed by atoms with Crippen molar-refractivity contribution < 1.29 is 4.79 Å². The molecule has 1 heterocycles. The Balaban J connectivity index is 1.87. The minimum atomic E-state index is 0.0665. The number of likely N-dealkylation sites (N-methyl/N-ethyl adjacent to an activating group) is 1. The zero-order chi connectivity index (χ0) is 14.4. The molecule has 0 saturated carbocycles. The second kappa shape index (κ2) is 7.44. The molecule has 0 radical (unpaired) electrons. The van der Waals surface area contributed by atoms with Crippen LogP contribution >= 0.6 is 0 Å². The van der Waals surface area contributed by atoms with E-state index in [1.165, 1.54) is 25.7 Å². The van der Waals surface area contributed by atoms with Gasteiger partial charge in [0.25, 0.3) is 0 Å². The third-order valence-electron chi connectivity index (χ3n) is 4.14. The zero-order valence-corrected chi connectivity index (χ0v) is 12.7. The first-order valence-electron chi connectivity index (χ1n) is 7.80. The van der Waals surface area contributed by atoms with E-state index in [0.29, 0.717) is 0 Å². The number of carbonyl (C=O) groups is 1. The fourth-order valence-corrected chi connectivity index (χ4v) is 2.88. The summed E-state index contributed by atoms with van der Waals surface area (Å²) in [4.78, 5) is 16.7. The van der Waals surface area contributed by atoms with Crippen molar-refractivity contribution in [3.8, 4) is 0 Å². The molecule has 0 aliphatic carbocycles. The number of anilines is 1. The van der Waals surface area contributed by atoms with Crippen LogP contribution in [0.2, 0.25) is 0 Å². The van der Waals surface area contributed by atoms with E-state index in [0.717, 1.165) is 25.2 Å². The highest BCUT2D eigenvalue weighted by atomic mass is 16.2. The molecular weight excluding hydrogens is 248 g/mol. The lowest BCUT2D eigenvalue weighted by Gasteiger charge is -2.23. The smallest absolute Gasteiger partial charge is 0.244 e. The average Bonchev–Trinajstić information content (AvgIpc) is 2.86. The molecule has 1 atom stereocenters. The highest BCUT2D eigenvalue weighted by molar-refractivity contribution is 5.99. The van der Waals surface area contributed by atoms with Crippen molar-refractivity contribution in [2.45, 2.75) is 45.1 Å². The van der Waals surface area contributed by atoms with E-state index in [1.54, 1.807) is 0 Å². The molecule has 0 N–H and O–H groups in total. The van der Waals surface area contributed by atoms with Gasteiger partial charge in [-0.2, -0.15) is 0 Å². The molecule has 1 aromatic carbocycles. The van der Waals surface area contributed by atoms with Gasteiger partial charge in [-0.3, -0.25) is 9.69 Å². The number of benzene rings is 1. The Kier molecular flexibility index (Phi) is 5.60. The number of amides is 1. The average molecular weight is 274 g/mol. The summed E-state index contributed by atoms with van der Waals surface area (Å²) in [6.07, 6.45) is 5.96. The summed E-state index contributed by atoms with van der Waals surface area (Å²) in [5.74, 6) is 0.259. The Labute approximate surface area is 122 Å². The van der Waals surface area contributed by atoms with Gasteiger partial charge in [-0.05, 0) is 38.6 Å². The summed E-state index contributed by atoms with van der Waals surface area (Å²) in [6.45, 7) is 4.09. The van der Waals surface area contributed by atoms with Gasteiger partial charge in [0.2, 0.25) is 5.91 Å². The standard InChI is InChI=1S/C17H26N2O/c1-3-4-5-9-13-18(2)16-12-14-19(17(16)20)15-10-7-6-8-11-15/h6-8,10-11,16H,3-5,9,12-14H2,1-2H3. The molecule has 1 aromatic rings. The summed E-state index contributed by atoms with van der Waals surface area (Å²) in [5, 5.41) is 0. The second-order valence-corrected chi connectivity index (χ2v) is 5.67. The van der Waals surface area contributed by atoms with Crippen molar-refractivity contribution in [1.82, 2.24) is 4.90 Å². The van der Waals surface area contributed by atoms with Gasteiger partial charge in [0.05, 0.1) is 6.04 Å². The van der Waals surface area contributed by atoms with Crippen LogP contribution in [0.4, 0.5) is 5.69 Å². The number of hydrogen-bond donors (Lipinski definition) is 0. The fraction of sp³-hybridized carbons (Fsp3) is 0.588. The van der Waals surface area contributed by atoms with Crippen molar-refractivity contribution in [2.24, 2.45) is 0 Å². The van der Waals surface area contributed by atoms with Crippen molar-refractivity contribution in [1.29, 1.82) is 0 Å². The van der Waals surface area contributed by atoms with Gasteiger partial charge in [0, 0.05) is 12.2 Å². The molecule has 20 heavy (non-hydrogen) atoms. The van der Waals surface area contributed by atoms with E-state index in [-0.39, 0.29) is 11.9 Å². The maximum absolute atomic E-state index is 12.5. The lowest BCUT2D eigenvalue weighted by molar-refractivity contribution is -0.121. The first-order chi connectivity index (χ1) is 9.74. The van der Waals surface area contributed by atoms with Crippen LogP contribution in [0.5, 0.6) is 0 Å².